The van der Waals surface area contributed by atoms with Crippen molar-refractivity contribution < 1.29 is 14.0 Å². The molecule has 1 aromatic carbocycles. The molecule has 4 rings (SSSR count). The largest absolute Gasteiger partial charge is 0.340 e. The number of rotatable bonds is 3. The Morgan fingerprint density at radius 1 is 1.11 bits per heavy atom. The topological polar surface area (TPSA) is 62.6 Å². The summed E-state index contributed by atoms with van der Waals surface area (Å²) in [5.41, 5.74) is 0.548. The van der Waals surface area contributed by atoms with Crippen LogP contribution >= 0.6 is 0 Å². The third-order valence-electron chi connectivity index (χ3n) is 5.82. The number of fused-ring (bicyclic) bond motifs is 1. The smallest absolute Gasteiger partial charge is 0.250 e. The van der Waals surface area contributed by atoms with Gasteiger partial charge in [0.05, 0.1) is 6.04 Å². The quantitative estimate of drug-likeness (QED) is 0.810. The zero-order valence-electron chi connectivity index (χ0n) is 15.6. The van der Waals surface area contributed by atoms with Crippen LogP contribution in [0.5, 0.6) is 0 Å². The van der Waals surface area contributed by atoms with Crippen LogP contribution in [0, 0.1) is 17.7 Å². The number of likely N-dealkylation sites (tertiary alicyclic amines) is 2. The lowest BCUT2D eigenvalue weighted by Gasteiger charge is -2.29. The molecule has 6 nitrogen and oxygen atoms in total. The van der Waals surface area contributed by atoms with Gasteiger partial charge in [-0.05, 0) is 23.8 Å². The van der Waals surface area contributed by atoms with E-state index in [0.717, 1.165) is 5.56 Å². The SMILES string of the molecule is CC(=O)N1C[C@H]2CN(C(=O)Cn3ccccc3=O)C[C@H]2[C@@H]1c1cccc(F)c1. The highest BCUT2D eigenvalue weighted by Gasteiger charge is 2.49. The van der Waals surface area contributed by atoms with Gasteiger partial charge in [0.2, 0.25) is 11.8 Å². The fraction of sp³-hybridized carbons (Fsp3) is 0.381. The minimum atomic E-state index is -0.334. The van der Waals surface area contributed by atoms with Crippen molar-refractivity contribution in [1.29, 1.82) is 0 Å². The Morgan fingerprint density at radius 2 is 1.93 bits per heavy atom. The molecule has 2 aliphatic heterocycles. The zero-order valence-corrected chi connectivity index (χ0v) is 15.6. The second kappa shape index (κ2) is 7.22. The molecule has 0 saturated carbocycles. The second-order valence-electron chi connectivity index (χ2n) is 7.56. The summed E-state index contributed by atoms with van der Waals surface area (Å²) in [5, 5.41) is 0. The van der Waals surface area contributed by atoms with E-state index in [-0.39, 0.29) is 47.6 Å². The normalized spacial score (nSPS) is 23.7. The number of benzene rings is 1. The average Bonchev–Trinajstić information content (AvgIpc) is 3.21. The highest BCUT2D eigenvalue weighted by atomic mass is 19.1. The molecule has 0 aliphatic carbocycles. The molecule has 0 radical (unpaired) electrons. The van der Waals surface area contributed by atoms with E-state index in [1.807, 2.05) is 6.07 Å². The first-order valence-electron chi connectivity index (χ1n) is 9.40. The van der Waals surface area contributed by atoms with Crippen molar-refractivity contribution in [3.05, 3.63) is 70.4 Å². The molecule has 2 fully saturated rings. The molecular formula is C21H22FN3O3. The van der Waals surface area contributed by atoms with Gasteiger partial charge in [0.15, 0.2) is 0 Å². The van der Waals surface area contributed by atoms with E-state index in [0.29, 0.717) is 19.6 Å². The Balaban J connectivity index is 1.54. The van der Waals surface area contributed by atoms with Crippen LogP contribution in [-0.2, 0) is 16.1 Å². The van der Waals surface area contributed by atoms with Gasteiger partial charge in [-0.2, -0.15) is 0 Å². The number of aromatic nitrogens is 1. The lowest BCUT2D eigenvalue weighted by molar-refractivity contribution is -0.132. The molecule has 3 atom stereocenters. The number of hydrogen-bond donors (Lipinski definition) is 0. The van der Waals surface area contributed by atoms with Gasteiger partial charge in [-0.25, -0.2) is 4.39 Å². The van der Waals surface area contributed by atoms with E-state index < -0.39 is 0 Å². The van der Waals surface area contributed by atoms with E-state index in [1.54, 1.807) is 34.2 Å². The van der Waals surface area contributed by atoms with Gasteiger partial charge in [0, 0.05) is 50.7 Å². The monoisotopic (exact) mass is 383 g/mol. The van der Waals surface area contributed by atoms with Crippen molar-refractivity contribution in [2.24, 2.45) is 11.8 Å². The Hall–Kier alpha value is -2.96. The van der Waals surface area contributed by atoms with Crippen molar-refractivity contribution in [2.75, 3.05) is 19.6 Å². The van der Waals surface area contributed by atoms with Crippen LogP contribution in [0.1, 0.15) is 18.5 Å². The highest BCUT2D eigenvalue weighted by Crippen LogP contribution is 2.45. The first-order valence-corrected chi connectivity index (χ1v) is 9.40. The summed E-state index contributed by atoms with van der Waals surface area (Å²) in [6.07, 6.45) is 1.60. The third kappa shape index (κ3) is 3.32. The lowest BCUT2D eigenvalue weighted by Crippen LogP contribution is -2.38. The maximum atomic E-state index is 13.8. The van der Waals surface area contributed by atoms with E-state index in [9.17, 15) is 18.8 Å². The molecular weight excluding hydrogens is 361 g/mol. The maximum Gasteiger partial charge on any atom is 0.250 e. The highest BCUT2D eigenvalue weighted by molar-refractivity contribution is 5.77. The van der Waals surface area contributed by atoms with Crippen molar-refractivity contribution in [1.82, 2.24) is 14.4 Å². The predicted octanol–water partition coefficient (Wildman–Crippen LogP) is 1.67. The maximum absolute atomic E-state index is 13.8. The first kappa shape index (κ1) is 18.4. The van der Waals surface area contributed by atoms with Crippen LogP contribution in [0.4, 0.5) is 4.39 Å². The van der Waals surface area contributed by atoms with Gasteiger partial charge in [-0.1, -0.05) is 18.2 Å². The Kier molecular flexibility index (Phi) is 4.75. The summed E-state index contributed by atoms with van der Waals surface area (Å²) >= 11 is 0. The Morgan fingerprint density at radius 3 is 2.64 bits per heavy atom. The minimum Gasteiger partial charge on any atom is -0.340 e. The molecule has 146 valence electrons. The number of nitrogens with zero attached hydrogens (tertiary/aromatic N) is 3. The molecule has 0 N–H and O–H groups in total. The van der Waals surface area contributed by atoms with Crippen LogP contribution < -0.4 is 5.56 Å². The molecule has 2 saturated heterocycles. The summed E-state index contributed by atoms with van der Waals surface area (Å²) in [5.74, 6) is -0.290. The van der Waals surface area contributed by atoms with Gasteiger partial charge < -0.3 is 14.4 Å². The fourth-order valence-corrected chi connectivity index (χ4v) is 4.53. The number of halogens is 1. The van der Waals surface area contributed by atoms with E-state index >= 15 is 0 Å². The predicted molar refractivity (Wildman–Crippen MR) is 101 cm³/mol. The van der Waals surface area contributed by atoms with Gasteiger partial charge in [-0.15, -0.1) is 0 Å². The van der Waals surface area contributed by atoms with Crippen LogP contribution in [0.15, 0.2) is 53.5 Å². The number of pyridine rings is 1. The van der Waals surface area contributed by atoms with Gasteiger partial charge >= 0.3 is 0 Å². The summed E-state index contributed by atoms with van der Waals surface area (Å²) in [4.78, 5) is 40.3. The van der Waals surface area contributed by atoms with Crippen LogP contribution in [0.25, 0.3) is 0 Å². The van der Waals surface area contributed by atoms with Crippen molar-refractivity contribution in [2.45, 2.75) is 19.5 Å². The van der Waals surface area contributed by atoms with Gasteiger partial charge in [0.1, 0.15) is 12.4 Å². The van der Waals surface area contributed by atoms with Gasteiger partial charge in [-0.3, -0.25) is 14.4 Å². The minimum absolute atomic E-state index is 0.000166. The molecule has 1 aromatic heterocycles. The number of carbonyl (C=O) groups excluding carboxylic acids is 2. The second-order valence-corrected chi connectivity index (χ2v) is 7.56. The van der Waals surface area contributed by atoms with Crippen LogP contribution in [-0.4, -0.2) is 45.8 Å². The number of hydrogen-bond acceptors (Lipinski definition) is 3. The number of amides is 2. The van der Waals surface area contributed by atoms with E-state index in [2.05, 4.69) is 0 Å². The van der Waals surface area contributed by atoms with E-state index in [4.69, 9.17) is 0 Å². The first-order chi connectivity index (χ1) is 13.4. The molecule has 0 spiro atoms. The van der Waals surface area contributed by atoms with Crippen molar-refractivity contribution >= 4 is 11.8 Å². The molecule has 0 bridgehead atoms. The van der Waals surface area contributed by atoms with Crippen LogP contribution in [0.2, 0.25) is 0 Å². The fourth-order valence-electron chi connectivity index (χ4n) is 4.53. The Bertz CT molecular complexity index is 973. The molecule has 7 heteroatoms. The number of carbonyl (C=O) groups is 2. The molecule has 3 heterocycles. The summed E-state index contributed by atoms with van der Waals surface area (Å²) in [6.45, 7) is 3.12. The lowest BCUT2D eigenvalue weighted by atomic mass is 9.89. The zero-order chi connectivity index (χ0) is 19.8. The molecule has 28 heavy (non-hydrogen) atoms. The van der Waals surface area contributed by atoms with Crippen molar-refractivity contribution in [3.63, 3.8) is 0 Å². The summed E-state index contributed by atoms with van der Waals surface area (Å²) < 4.78 is 15.2. The summed E-state index contributed by atoms with van der Waals surface area (Å²) in [6, 6.07) is 10.9. The molecule has 2 aromatic rings. The average molecular weight is 383 g/mol. The Labute approximate surface area is 162 Å². The van der Waals surface area contributed by atoms with Crippen molar-refractivity contribution in [3.8, 4) is 0 Å². The van der Waals surface area contributed by atoms with Crippen LogP contribution in [0.3, 0.4) is 0 Å². The molecule has 2 amide bonds. The summed E-state index contributed by atoms with van der Waals surface area (Å²) in [7, 11) is 0. The van der Waals surface area contributed by atoms with Gasteiger partial charge in [0.25, 0.3) is 5.56 Å². The molecule has 2 aliphatic rings. The standard InChI is InChI=1S/C21H22FN3O3/c1-14(26)25-11-16-10-24(20(28)13-23-8-3-2-7-19(23)27)12-18(16)21(25)15-5-4-6-17(22)9-15/h2-9,16,18,21H,10-13H2,1H3/t16-,18-,21+/m1/s1. The molecule has 0 unspecified atom stereocenters. The third-order valence-corrected chi connectivity index (χ3v) is 5.82. The van der Waals surface area contributed by atoms with E-state index in [1.165, 1.54) is 29.7 Å².